The zero-order chi connectivity index (χ0) is 14.7. The van der Waals surface area contributed by atoms with Crippen LogP contribution in [0.1, 0.15) is 11.1 Å². The molecule has 20 heavy (non-hydrogen) atoms. The second-order valence-electron chi connectivity index (χ2n) is 3.90. The van der Waals surface area contributed by atoms with Gasteiger partial charge in [-0.3, -0.25) is 0 Å². The van der Waals surface area contributed by atoms with Crippen LogP contribution in [-0.2, 0) is 6.61 Å². The van der Waals surface area contributed by atoms with Gasteiger partial charge in [0.15, 0.2) is 17.4 Å². The monoisotopic (exact) mass is 279 g/mol. The summed E-state index contributed by atoms with van der Waals surface area (Å²) in [5.74, 6) is -3.72. The molecule has 3 nitrogen and oxygen atoms in total. The molecule has 0 bridgehead atoms. The molecule has 0 atom stereocenters. The molecule has 0 unspecified atom stereocenters. The van der Waals surface area contributed by atoms with E-state index in [-0.39, 0.29) is 16.9 Å². The SMILES string of the molecule is N#Cc1ccc(Oc2c(F)cc(CO)cc2F)cc1F. The Hall–Kier alpha value is -2.52. The molecule has 0 radical (unpaired) electrons. The van der Waals surface area contributed by atoms with E-state index in [4.69, 9.17) is 15.1 Å². The third-order valence-corrected chi connectivity index (χ3v) is 2.52. The number of hydrogen-bond donors (Lipinski definition) is 1. The predicted octanol–water partition coefficient (Wildman–Crippen LogP) is 3.26. The molecule has 0 saturated heterocycles. The van der Waals surface area contributed by atoms with Crippen molar-refractivity contribution in [2.75, 3.05) is 0 Å². The Bertz CT molecular complexity index is 672. The molecule has 0 fully saturated rings. The molecule has 0 amide bonds. The van der Waals surface area contributed by atoms with E-state index in [1.807, 2.05) is 0 Å². The van der Waals surface area contributed by atoms with Crippen LogP contribution in [0.3, 0.4) is 0 Å². The van der Waals surface area contributed by atoms with Crippen LogP contribution in [0.25, 0.3) is 0 Å². The lowest BCUT2D eigenvalue weighted by atomic mass is 10.2. The molecule has 0 aromatic heterocycles. The second kappa shape index (κ2) is 5.63. The Kier molecular flexibility index (Phi) is 3.91. The van der Waals surface area contributed by atoms with E-state index in [2.05, 4.69) is 0 Å². The van der Waals surface area contributed by atoms with Gasteiger partial charge in [-0.15, -0.1) is 0 Å². The number of benzene rings is 2. The average molecular weight is 279 g/mol. The van der Waals surface area contributed by atoms with Gasteiger partial charge >= 0.3 is 0 Å². The summed E-state index contributed by atoms with van der Waals surface area (Å²) < 4.78 is 45.5. The Labute approximate surface area is 112 Å². The molecule has 6 heteroatoms. The van der Waals surface area contributed by atoms with Crippen molar-refractivity contribution in [3.8, 4) is 17.6 Å². The molecular formula is C14H8F3NO2. The van der Waals surface area contributed by atoms with Gasteiger partial charge < -0.3 is 9.84 Å². The molecule has 2 aromatic carbocycles. The van der Waals surface area contributed by atoms with Crippen LogP contribution in [0, 0.1) is 28.8 Å². The number of halogens is 3. The standard InChI is InChI=1S/C14H8F3NO2/c15-11-5-10(2-1-9(11)6-18)20-14-12(16)3-8(7-19)4-13(14)17/h1-5,19H,7H2. The number of nitriles is 1. The molecule has 2 aromatic rings. The van der Waals surface area contributed by atoms with E-state index < -0.39 is 29.8 Å². The highest BCUT2D eigenvalue weighted by atomic mass is 19.1. The van der Waals surface area contributed by atoms with Crippen LogP contribution in [0.15, 0.2) is 30.3 Å². The molecule has 2 rings (SSSR count). The minimum Gasteiger partial charge on any atom is -0.451 e. The largest absolute Gasteiger partial charge is 0.451 e. The van der Waals surface area contributed by atoms with Gasteiger partial charge in [0.2, 0.25) is 0 Å². The van der Waals surface area contributed by atoms with Crippen LogP contribution < -0.4 is 4.74 Å². The van der Waals surface area contributed by atoms with Gasteiger partial charge in [-0.2, -0.15) is 5.26 Å². The highest BCUT2D eigenvalue weighted by Gasteiger charge is 2.14. The van der Waals surface area contributed by atoms with Gasteiger partial charge in [-0.1, -0.05) is 0 Å². The number of aliphatic hydroxyl groups is 1. The van der Waals surface area contributed by atoms with Crippen LogP contribution in [0.2, 0.25) is 0 Å². The maximum absolute atomic E-state index is 13.6. The van der Waals surface area contributed by atoms with Crippen molar-refractivity contribution >= 4 is 0 Å². The molecule has 0 aliphatic heterocycles. The van der Waals surface area contributed by atoms with Crippen molar-refractivity contribution in [2.24, 2.45) is 0 Å². The third-order valence-electron chi connectivity index (χ3n) is 2.52. The summed E-state index contributed by atoms with van der Waals surface area (Å²) in [6, 6.07) is 6.67. The van der Waals surface area contributed by atoms with Gasteiger partial charge in [0, 0.05) is 6.07 Å². The van der Waals surface area contributed by atoms with Gasteiger partial charge in [0.05, 0.1) is 12.2 Å². The van der Waals surface area contributed by atoms with E-state index in [1.165, 1.54) is 6.07 Å². The number of nitrogens with zero attached hydrogens (tertiary/aromatic N) is 1. The van der Waals surface area contributed by atoms with Crippen molar-refractivity contribution in [1.29, 1.82) is 5.26 Å². The molecular weight excluding hydrogens is 271 g/mol. The lowest BCUT2D eigenvalue weighted by Crippen LogP contribution is -1.96. The lowest BCUT2D eigenvalue weighted by molar-refractivity contribution is 0.279. The van der Waals surface area contributed by atoms with Crippen molar-refractivity contribution < 1.29 is 23.0 Å². The topological polar surface area (TPSA) is 53.2 Å². The van der Waals surface area contributed by atoms with Crippen molar-refractivity contribution in [1.82, 2.24) is 0 Å². The maximum atomic E-state index is 13.6. The first kappa shape index (κ1) is 13.9. The van der Waals surface area contributed by atoms with E-state index in [1.54, 1.807) is 6.07 Å². The summed E-state index contributed by atoms with van der Waals surface area (Å²) in [6.07, 6.45) is 0. The number of aliphatic hydroxyl groups excluding tert-OH is 1. The van der Waals surface area contributed by atoms with Gasteiger partial charge in [0.25, 0.3) is 0 Å². The molecule has 0 saturated carbocycles. The minimum absolute atomic E-state index is 0.0540. The molecule has 1 N–H and O–H groups in total. The highest BCUT2D eigenvalue weighted by Crippen LogP contribution is 2.29. The first-order valence-corrected chi connectivity index (χ1v) is 5.51. The fourth-order valence-electron chi connectivity index (χ4n) is 1.57. The van der Waals surface area contributed by atoms with E-state index in [0.717, 1.165) is 24.3 Å². The number of ether oxygens (including phenoxy) is 1. The normalized spacial score (nSPS) is 10.2. The fraction of sp³-hybridized carbons (Fsp3) is 0.0714. The summed E-state index contributed by atoms with van der Waals surface area (Å²) >= 11 is 0. The zero-order valence-corrected chi connectivity index (χ0v) is 10.0. The molecule has 0 heterocycles. The van der Waals surface area contributed by atoms with Crippen LogP contribution in [-0.4, -0.2) is 5.11 Å². The smallest absolute Gasteiger partial charge is 0.198 e. The fourth-order valence-corrected chi connectivity index (χ4v) is 1.57. The van der Waals surface area contributed by atoms with E-state index >= 15 is 0 Å². The van der Waals surface area contributed by atoms with Gasteiger partial charge in [-0.05, 0) is 29.8 Å². The lowest BCUT2D eigenvalue weighted by Gasteiger charge is -2.09. The van der Waals surface area contributed by atoms with Crippen LogP contribution >= 0.6 is 0 Å². The first-order valence-electron chi connectivity index (χ1n) is 5.51. The zero-order valence-electron chi connectivity index (χ0n) is 10.0. The molecule has 102 valence electrons. The predicted molar refractivity (Wildman–Crippen MR) is 63.5 cm³/mol. The summed E-state index contributed by atoms with van der Waals surface area (Å²) in [7, 11) is 0. The van der Waals surface area contributed by atoms with E-state index in [9.17, 15) is 13.2 Å². The second-order valence-corrected chi connectivity index (χ2v) is 3.90. The maximum Gasteiger partial charge on any atom is 0.198 e. The Morgan fingerprint density at radius 2 is 1.70 bits per heavy atom. The Balaban J connectivity index is 2.35. The highest BCUT2D eigenvalue weighted by molar-refractivity contribution is 5.40. The Morgan fingerprint density at radius 3 is 2.20 bits per heavy atom. The van der Waals surface area contributed by atoms with Gasteiger partial charge in [-0.25, -0.2) is 13.2 Å². The quantitative estimate of drug-likeness (QED) is 0.938. The Morgan fingerprint density at radius 1 is 1.05 bits per heavy atom. The number of hydrogen-bond acceptors (Lipinski definition) is 3. The summed E-state index contributed by atoms with van der Waals surface area (Å²) in [5, 5.41) is 17.4. The summed E-state index contributed by atoms with van der Waals surface area (Å²) in [5.41, 5.74) is -0.146. The minimum atomic E-state index is -1.01. The van der Waals surface area contributed by atoms with Crippen LogP contribution in [0.5, 0.6) is 11.5 Å². The van der Waals surface area contributed by atoms with E-state index in [0.29, 0.717) is 0 Å². The van der Waals surface area contributed by atoms with Gasteiger partial charge in [0.1, 0.15) is 17.6 Å². The first-order chi connectivity index (χ1) is 9.55. The number of rotatable bonds is 3. The average Bonchev–Trinajstić information content (AvgIpc) is 2.42. The molecule has 0 aliphatic rings. The van der Waals surface area contributed by atoms with Crippen molar-refractivity contribution in [3.63, 3.8) is 0 Å². The van der Waals surface area contributed by atoms with Crippen LogP contribution in [0.4, 0.5) is 13.2 Å². The van der Waals surface area contributed by atoms with Crippen molar-refractivity contribution in [2.45, 2.75) is 6.61 Å². The molecule has 0 spiro atoms. The summed E-state index contributed by atoms with van der Waals surface area (Å²) in [6.45, 7) is -0.514. The van der Waals surface area contributed by atoms with Crippen molar-refractivity contribution in [3.05, 3.63) is 58.9 Å². The molecule has 0 aliphatic carbocycles. The summed E-state index contributed by atoms with van der Waals surface area (Å²) in [4.78, 5) is 0. The third kappa shape index (κ3) is 2.73.